The molecule has 0 aliphatic carbocycles. The minimum Gasteiger partial charge on any atom is -0.489 e. The van der Waals surface area contributed by atoms with Gasteiger partial charge in [0.05, 0.1) is 22.8 Å². The summed E-state index contributed by atoms with van der Waals surface area (Å²) in [7, 11) is -3.04. The van der Waals surface area contributed by atoms with E-state index in [0.717, 1.165) is 5.69 Å². The first kappa shape index (κ1) is 14.2. The van der Waals surface area contributed by atoms with Gasteiger partial charge in [0.25, 0.3) is 5.91 Å². The van der Waals surface area contributed by atoms with Crippen LogP contribution in [0.25, 0.3) is 0 Å². The topological polar surface area (TPSA) is 84.5 Å². The van der Waals surface area contributed by atoms with Crippen molar-refractivity contribution in [3.05, 3.63) is 23.8 Å². The average Bonchev–Trinajstić information content (AvgIpc) is 2.45. The average molecular weight is 310 g/mol. The molecule has 1 unspecified atom stereocenters. The zero-order valence-electron chi connectivity index (χ0n) is 11.6. The second-order valence-electron chi connectivity index (χ2n) is 5.38. The van der Waals surface area contributed by atoms with Crippen molar-refractivity contribution in [2.75, 3.05) is 30.0 Å². The van der Waals surface area contributed by atoms with Crippen LogP contribution in [-0.4, -0.2) is 45.0 Å². The molecule has 21 heavy (non-hydrogen) atoms. The molecular formula is C14H18N2O4S. The number of para-hydroxylation sites is 1. The summed E-state index contributed by atoms with van der Waals surface area (Å²) in [5, 5.41) is 5.99. The van der Waals surface area contributed by atoms with Gasteiger partial charge in [0.15, 0.2) is 15.6 Å². The Bertz CT molecular complexity index is 657. The lowest BCUT2D eigenvalue weighted by Gasteiger charge is -2.25. The maximum absolute atomic E-state index is 12.4. The van der Waals surface area contributed by atoms with E-state index in [4.69, 9.17) is 4.74 Å². The molecule has 0 spiro atoms. The minimum absolute atomic E-state index is 0.0207. The lowest BCUT2D eigenvalue weighted by Crippen LogP contribution is -2.43. The summed E-state index contributed by atoms with van der Waals surface area (Å²) in [6.45, 7) is 1.22. The maximum atomic E-state index is 12.4. The first-order valence-corrected chi connectivity index (χ1v) is 8.88. The van der Waals surface area contributed by atoms with Crippen LogP contribution in [0.5, 0.6) is 5.75 Å². The van der Waals surface area contributed by atoms with Gasteiger partial charge in [0, 0.05) is 12.6 Å². The number of nitrogens with one attached hydrogen (secondary N) is 2. The number of carbonyl (C=O) groups excluding carboxylic acids is 1. The summed E-state index contributed by atoms with van der Waals surface area (Å²) < 4.78 is 28.8. The molecule has 0 aromatic heterocycles. The molecule has 0 saturated carbocycles. The predicted octanol–water partition coefficient (Wildman–Crippen LogP) is 0.798. The Hall–Kier alpha value is -1.76. The van der Waals surface area contributed by atoms with Gasteiger partial charge in [-0.05, 0) is 25.0 Å². The van der Waals surface area contributed by atoms with Crippen molar-refractivity contribution in [1.82, 2.24) is 5.32 Å². The molecule has 1 fully saturated rings. The Labute approximate surface area is 123 Å². The Morgan fingerprint density at radius 1 is 1.38 bits per heavy atom. The Morgan fingerprint density at radius 3 is 3.05 bits per heavy atom. The van der Waals surface area contributed by atoms with Gasteiger partial charge < -0.3 is 15.4 Å². The fourth-order valence-corrected chi connectivity index (χ4v) is 4.39. The van der Waals surface area contributed by atoms with Gasteiger partial charge in [-0.1, -0.05) is 6.07 Å². The molecule has 0 radical (unpaired) electrons. The smallest absolute Gasteiger partial charge is 0.255 e. The molecule has 0 bridgehead atoms. The highest BCUT2D eigenvalue weighted by atomic mass is 32.2. The number of benzene rings is 1. The quantitative estimate of drug-likeness (QED) is 0.844. The van der Waals surface area contributed by atoms with E-state index in [2.05, 4.69) is 10.6 Å². The third kappa shape index (κ3) is 3.12. The third-order valence-corrected chi connectivity index (χ3v) is 5.54. The number of fused-ring (bicyclic) bond motifs is 1. The minimum atomic E-state index is -3.04. The zero-order chi connectivity index (χ0) is 14.9. The lowest BCUT2D eigenvalue weighted by molar-refractivity contribution is 0.0934. The van der Waals surface area contributed by atoms with Gasteiger partial charge in [-0.3, -0.25) is 4.79 Å². The first-order valence-electron chi connectivity index (χ1n) is 7.06. The summed E-state index contributed by atoms with van der Waals surface area (Å²) in [5.74, 6) is 0.498. The van der Waals surface area contributed by atoms with E-state index in [9.17, 15) is 13.2 Å². The van der Waals surface area contributed by atoms with Gasteiger partial charge in [0.1, 0.15) is 6.61 Å². The molecule has 2 N–H and O–H groups in total. The van der Waals surface area contributed by atoms with Crippen LogP contribution in [0.4, 0.5) is 5.69 Å². The monoisotopic (exact) mass is 310 g/mol. The van der Waals surface area contributed by atoms with Gasteiger partial charge in [-0.15, -0.1) is 0 Å². The normalized spacial score (nSPS) is 23.3. The Kier molecular flexibility index (Phi) is 3.75. The van der Waals surface area contributed by atoms with Crippen molar-refractivity contribution in [3.8, 4) is 5.75 Å². The zero-order valence-corrected chi connectivity index (χ0v) is 12.4. The number of hydrogen-bond acceptors (Lipinski definition) is 5. The van der Waals surface area contributed by atoms with Gasteiger partial charge >= 0.3 is 0 Å². The molecule has 1 amide bonds. The maximum Gasteiger partial charge on any atom is 0.255 e. The van der Waals surface area contributed by atoms with Crippen molar-refractivity contribution in [1.29, 1.82) is 0 Å². The first-order chi connectivity index (χ1) is 10.1. The number of hydrogen-bond donors (Lipinski definition) is 2. The van der Waals surface area contributed by atoms with Crippen LogP contribution in [0.2, 0.25) is 0 Å². The van der Waals surface area contributed by atoms with E-state index in [1.807, 2.05) is 6.07 Å². The molecule has 1 aromatic rings. The number of anilines is 1. The summed E-state index contributed by atoms with van der Waals surface area (Å²) >= 11 is 0. The van der Waals surface area contributed by atoms with Crippen LogP contribution in [0.3, 0.4) is 0 Å². The van der Waals surface area contributed by atoms with E-state index in [-0.39, 0.29) is 23.5 Å². The molecule has 3 rings (SSSR count). The van der Waals surface area contributed by atoms with Crippen LogP contribution < -0.4 is 15.4 Å². The highest BCUT2D eigenvalue weighted by Gasteiger charge is 2.27. The number of rotatable bonds is 2. The molecule has 2 aliphatic rings. The van der Waals surface area contributed by atoms with Crippen LogP contribution in [0.15, 0.2) is 18.2 Å². The predicted molar refractivity (Wildman–Crippen MR) is 79.6 cm³/mol. The van der Waals surface area contributed by atoms with Gasteiger partial charge in [0.2, 0.25) is 0 Å². The van der Waals surface area contributed by atoms with Crippen molar-refractivity contribution >= 4 is 21.4 Å². The molecule has 2 heterocycles. The van der Waals surface area contributed by atoms with E-state index >= 15 is 0 Å². The van der Waals surface area contributed by atoms with Crippen LogP contribution in [0.1, 0.15) is 23.2 Å². The summed E-state index contributed by atoms with van der Waals surface area (Å²) in [6, 6.07) is 5.02. The second kappa shape index (κ2) is 5.55. The molecular weight excluding hydrogens is 292 g/mol. The van der Waals surface area contributed by atoms with Crippen molar-refractivity contribution in [2.24, 2.45) is 0 Å². The van der Waals surface area contributed by atoms with Crippen LogP contribution in [0, 0.1) is 0 Å². The highest BCUT2D eigenvalue weighted by Crippen LogP contribution is 2.31. The largest absolute Gasteiger partial charge is 0.489 e. The standard InChI is InChI=1S/C14H18N2O4S/c17-14(16-10-3-2-8-21(18,19)9-10)11-4-1-5-12-13(11)20-7-6-15-12/h1,4-5,10,15H,2-3,6-9H2,(H,16,17). The molecule has 6 nitrogen and oxygen atoms in total. The highest BCUT2D eigenvalue weighted by molar-refractivity contribution is 7.91. The van der Waals surface area contributed by atoms with E-state index in [1.165, 1.54) is 0 Å². The third-order valence-electron chi connectivity index (χ3n) is 3.72. The number of ether oxygens (including phenoxy) is 1. The molecule has 1 atom stereocenters. The SMILES string of the molecule is O=C(NC1CCCS(=O)(=O)C1)c1cccc2c1OCCN2. The Morgan fingerprint density at radius 2 is 2.24 bits per heavy atom. The van der Waals surface area contributed by atoms with E-state index < -0.39 is 9.84 Å². The van der Waals surface area contributed by atoms with E-state index in [0.29, 0.717) is 37.3 Å². The van der Waals surface area contributed by atoms with Gasteiger partial charge in [-0.2, -0.15) is 0 Å². The Balaban J connectivity index is 1.77. The lowest BCUT2D eigenvalue weighted by atomic mass is 10.1. The molecule has 1 saturated heterocycles. The number of sulfone groups is 1. The molecule has 114 valence electrons. The van der Waals surface area contributed by atoms with Crippen LogP contribution >= 0.6 is 0 Å². The summed E-state index contributed by atoms with van der Waals surface area (Å²) in [4.78, 5) is 12.4. The van der Waals surface area contributed by atoms with E-state index in [1.54, 1.807) is 12.1 Å². The number of amides is 1. The fourth-order valence-electron chi connectivity index (χ4n) is 2.75. The second-order valence-corrected chi connectivity index (χ2v) is 7.61. The van der Waals surface area contributed by atoms with Crippen LogP contribution in [-0.2, 0) is 9.84 Å². The number of carbonyl (C=O) groups is 1. The summed E-state index contributed by atoms with van der Waals surface area (Å²) in [5.41, 5.74) is 1.24. The molecule has 2 aliphatic heterocycles. The van der Waals surface area contributed by atoms with Crippen molar-refractivity contribution in [3.63, 3.8) is 0 Å². The fraction of sp³-hybridized carbons (Fsp3) is 0.500. The molecule has 7 heteroatoms. The van der Waals surface area contributed by atoms with Crippen molar-refractivity contribution in [2.45, 2.75) is 18.9 Å². The van der Waals surface area contributed by atoms with Crippen molar-refractivity contribution < 1.29 is 17.9 Å². The van der Waals surface area contributed by atoms with Gasteiger partial charge in [-0.25, -0.2) is 8.42 Å². The molecule has 1 aromatic carbocycles. The summed E-state index contributed by atoms with van der Waals surface area (Å²) in [6.07, 6.45) is 1.29.